The molecule has 109 heavy (non-hydrogen) atoms. The molecule has 9 atom stereocenters. The van der Waals surface area contributed by atoms with Gasteiger partial charge in [0.05, 0.1) is 12.9 Å². The number of halogens is 9. The summed E-state index contributed by atoms with van der Waals surface area (Å²) >= 11 is 0. The minimum Gasteiger partial charge on any atom is -0.508 e. The Morgan fingerprint density at radius 2 is 1.16 bits per heavy atom. The van der Waals surface area contributed by atoms with Gasteiger partial charge in [-0.15, -0.1) is 0 Å². The number of imidazole rings is 1. The van der Waals surface area contributed by atoms with Crippen LogP contribution in [0, 0.1) is 11.8 Å². The van der Waals surface area contributed by atoms with Crippen LogP contribution in [0.25, 0.3) is 10.9 Å². The van der Waals surface area contributed by atoms with E-state index in [9.17, 15) is 97.7 Å². The van der Waals surface area contributed by atoms with Crippen molar-refractivity contribution in [3.05, 3.63) is 84.1 Å². The van der Waals surface area contributed by atoms with E-state index in [1.54, 1.807) is 25.3 Å². The molecule has 19 N–H and O–H groups in total. The molecule has 0 aliphatic carbocycles. The number of nitrogens with zero attached hydrogens (tertiary/aromatic N) is 4. The number of aromatic hydroxyl groups is 1. The highest BCUT2D eigenvalue weighted by Crippen LogP contribution is 2.25. The van der Waals surface area contributed by atoms with Crippen molar-refractivity contribution in [1.82, 2.24) is 67.3 Å². The maximum atomic E-state index is 14.8. The van der Waals surface area contributed by atoms with Crippen LogP contribution in [-0.2, 0) is 81.6 Å². The van der Waals surface area contributed by atoms with E-state index >= 15 is 0 Å². The molecular weight excluding hydrogens is 1480 g/mol. The quantitative estimate of drug-likeness (QED) is 0.0139. The van der Waals surface area contributed by atoms with E-state index in [1.165, 1.54) is 53.6 Å². The maximum Gasteiger partial charge on any atom is 0.490 e. The van der Waals surface area contributed by atoms with Gasteiger partial charge in [-0.2, -0.15) is 39.5 Å². The number of likely N-dealkylation sites (tertiary alicyclic amines) is 1. The highest BCUT2D eigenvalue weighted by molar-refractivity contribution is 5.99. The Hall–Kier alpha value is -11.3. The number of aliphatic hydroxyl groups excluding tert-OH is 1. The number of aromatic nitrogens is 3. The third-order valence-electron chi connectivity index (χ3n) is 16.1. The number of guanidine groups is 1. The van der Waals surface area contributed by atoms with Crippen LogP contribution in [0.1, 0.15) is 103 Å². The molecule has 2 aliphatic heterocycles. The number of aromatic amines is 2. The Kier molecular flexibility index (Phi) is 36.2. The molecule has 43 heteroatoms. The maximum absolute atomic E-state index is 14.8. The number of amides is 10. The minimum atomic E-state index is -5.08. The largest absolute Gasteiger partial charge is 0.508 e. The van der Waals surface area contributed by atoms with Crippen molar-refractivity contribution in [3.8, 4) is 5.75 Å². The van der Waals surface area contributed by atoms with Crippen LogP contribution in [0.3, 0.4) is 0 Å². The minimum absolute atomic E-state index is 0.0420. The van der Waals surface area contributed by atoms with Crippen LogP contribution in [0.5, 0.6) is 5.75 Å². The summed E-state index contributed by atoms with van der Waals surface area (Å²) in [5, 5.41) is 64.6. The predicted octanol–water partition coefficient (Wildman–Crippen LogP) is 0.804. The van der Waals surface area contributed by atoms with Crippen molar-refractivity contribution in [2.75, 3.05) is 33.3 Å². The molecule has 604 valence electrons. The zero-order valence-electron chi connectivity index (χ0n) is 59.7. The lowest BCUT2D eigenvalue weighted by molar-refractivity contribution is -0.193. The lowest BCUT2D eigenvalue weighted by atomic mass is 9.98. The standard InChI is InChI=1S/C60H86N16O12.3C2HF3O2/c1-7-64-57(86)48-15-11-23-76(48)59(88)49(14-10-22-65-60(61)62)75(6)58(87)46(25-34(4)5)73-52(81)42(24-33(2)3)69-53(82)43(26-35-16-18-38(78)19-17-35)70-56(85)47(31-77)74-54(83)44(27-36-29-66-40-13-9-8-12-39(36)40)71-55(84)45(28-37-30-63-32-67-37)72-51(80)41-20-21-50(79)68-41;3*3-2(4,5)1(6)7/h8-9,12-13,16-19,29-30,32-34,41-49,66,77-78H,7,10-11,14-15,20-28,31H2,1-6H3,(H,63,67)(H,64,86)(H,68,79)(H,69,82)(H,70,85)(H,71,84)(H,72,80)(H,73,81)(H,74,83)(H4,61,62,65);3*(H,6,7)/t41-,42+,43-,44-,45-,46-,47-,48-,49-;;;/m0.../s1. The average Bonchev–Trinajstić information content (AvgIpc) is 1.77. The van der Waals surface area contributed by atoms with Crippen molar-refractivity contribution in [3.63, 3.8) is 0 Å². The lowest BCUT2D eigenvalue weighted by Gasteiger charge is -2.35. The van der Waals surface area contributed by atoms with Gasteiger partial charge in [-0.05, 0) is 93.0 Å². The van der Waals surface area contributed by atoms with Gasteiger partial charge in [0.1, 0.15) is 60.1 Å². The number of aliphatic hydroxyl groups is 1. The topological polar surface area (TPSA) is 535 Å². The van der Waals surface area contributed by atoms with Gasteiger partial charge in [0.25, 0.3) is 0 Å². The fourth-order valence-corrected chi connectivity index (χ4v) is 10.8. The molecule has 0 bridgehead atoms. The number of hydrogen-bond acceptors (Lipinski definition) is 17. The molecule has 2 aliphatic rings. The summed E-state index contributed by atoms with van der Waals surface area (Å²) in [4.78, 5) is 184. The van der Waals surface area contributed by atoms with Crippen molar-refractivity contribution in [1.29, 1.82) is 0 Å². The van der Waals surface area contributed by atoms with E-state index in [0.717, 1.165) is 5.52 Å². The molecule has 10 amide bonds. The summed E-state index contributed by atoms with van der Waals surface area (Å²) in [6.45, 7) is 8.88. The number of carbonyl (C=O) groups excluding carboxylic acids is 10. The number of nitrogens with two attached hydrogens (primary N) is 2. The number of carboxylic acids is 3. The molecule has 0 saturated carbocycles. The Bertz CT molecular complexity index is 3720. The number of aliphatic imine (C=N–C) groups is 1. The van der Waals surface area contributed by atoms with E-state index in [0.29, 0.717) is 41.6 Å². The van der Waals surface area contributed by atoms with Crippen molar-refractivity contribution in [2.24, 2.45) is 28.3 Å². The number of fused-ring (bicyclic) bond motifs is 1. The first-order valence-electron chi connectivity index (χ1n) is 33.6. The van der Waals surface area contributed by atoms with Gasteiger partial charge in [-0.1, -0.05) is 58.0 Å². The molecule has 2 fully saturated rings. The SMILES string of the molecule is CCNC(=O)[C@@H]1CCCN1C(=O)[C@H](CCCN=C(N)N)N(C)C(=O)[C@H](CC(C)C)NC(=O)[C@@H](CC(C)C)NC(=O)[C@H](Cc1ccc(O)cc1)NC(=O)[C@H](CO)NC(=O)[C@H](Cc1c[nH]c2ccccc12)NC(=O)[C@H](Cc1cnc[nH]1)NC(=O)[C@@H]1CCC(=O)N1.O=C(O)C(F)(F)F.O=C(O)C(F)(F)F.O=C(O)C(F)(F)F. The van der Waals surface area contributed by atoms with Crippen molar-refractivity contribution >= 4 is 93.8 Å². The first kappa shape index (κ1) is 91.9. The van der Waals surface area contributed by atoms with E-state index in [-0.39, 0.29) is 106 Å². The second kappa shape index (κ2) is 42.9. The molecule has 4 heterocycles. The average molecular weight is 1570 g/mol. The van der Waals surface area contributed by atoms with Gasteiger partial charge in [0.15, 0.2) is 5.96 Å². The number of aliphatic carboxylic acids is 3. The van der Waals surface area contributed by atoms with Crippen LogP contribution < -0.4 is 54.0 Å². The smallest absolute Gasteiger partial charge is 0.490 e. The number of carbonyl (C=O) groups is 13. The predicted molar refractivity (Wildman–Crippen MR) is 366 cm³/mol. The summed E-state index contributed by atoms with van der Waals surface area (Å²) in [5.41, 5.74) is 13.4. The molecule has 2 aromatic heterocycles. The molecule has 4 aromatic rings. The molecule has 2 aromatic carbocycles. The van der Waals surface area contributed by atoms with Crippen LogP contribution in [0.15, 0.2) is 72.2 Å². The van der Waals surface area contributed by atoms with E-state index < -0.39 is 145 Å². The summed E-state index contributed by atoms with van der Waals surface area (Å²) in [7, 11) is 1.46. The second-order valence-corrected chi connectivity index (χ2v) is 25.6. The van der Waals surface area contributed by atoms with Gasteiger partial charge in [-0.25, -0.2) is 19.4 Å². The normalized spacial score (nSPS) is 16.0. The Morgan fingerprint density at radius 1 is 0.661 bits per heavy atom. The molecule has 0 radical (unpaired) electrons. The van der Waals surface area contributed by atoms with Crippen LogP contribution in [0.4, 0.5) is 39.5 Å². The first-order valence-corrected chi connectivity index (χ1v) is 33.6. The Balaban J connectivity index is 0.00000128. The fraction of sp³-hybridized carbons (Fsp3) is 0.530. The van der Waals surface area contributed by atoms with E-state index in [2.05, 4.69) is 62.5 Å². The third kappa shape index (κ3) is 31.2. The monoisotopic (exact) mass is 1560 g/mol. The molecular formula is C66H89F9N16O18. The van der Waals surface area contributed by atoms with Crippen LogP contribution in [0.2, 0.25) is 0 Å². The summed E-state index contributed by atoms with van der Waals surface area (Å²) in [5.74, 6) is -15.7. The molecule has 34 nitrogen and oxygen atoms in total. The Labute approximate surface area is 616 Å². The third-order valence-corrected chi connectivity index (χ3v) is 16.1. The Morgan fingerprint density at radius 3 is 1.65 bits per heavy atom. The summed E-state index contributed by atoms with van der Waals surface area (Å²) in [6.07, 6.45) is -9.38. The van der Waals surface area contributed by atoms with Crippen LogP contribution in [-0.4, -0.2) is 239 Å². The number of phenolic OH excluding ortho intramolecular Hbond substituents is 1. The number of likely N-dealkylation sites (N-methyl/N-ethyl adjacent to an activating group) is 2. The van der Waals surface area contributed by atoms with Gasteiger partial charge in [0, 0.05) is 81.4 Å². The van der Waals surface area contributed by atoms with Gasteiger partial charge < -0.3 is 99.3 Å². The number of rotatable bonds is 32. The number of benzene rings is 2. The molecule has 0 spiro atoms. The number of phenols is 1. The first-order chi connectivity index (χ1) is 50.8. The highest BCUT2D eigenvalue weighted by Gasteiger charge is 2.43. The number of hydrogen-bond donors (Lipinski definition) is 17. The zero-order chi connectivity index (χ0) is 82.4. The lowest BCUT2D eigenvalue weighted by Crippen LogP contribution is -2.61. The van der Waals surface area contributed by atoms with E-state index in [4.69, 9.17) is 41.2 Å². The number of H-pyrrole nitrogens is 2. The van der Waals surface area contributed by atoms with Gasteiger partial charge in [0.2, 0.25) is 59.1 Å². The molecule has 0 unspecified atom stereocenters. The van der Waals surface area contributed by atoms with Crippen molar-refractivity contribution in [2.45, 2.75) is 178 Å². The number of nitrogens with one attached hydrogen (secondary N) is 10. The van der Waals surface area contributed by atoms with Gasteiger partial charge >= 0.3 is 36.4 Å². The second-order valence-electron chi connectivity index (χ2n) is 25.6. The number of alkyl halides is 9. The number of carboxylic acid groups (broad SMARTS) is 3. The fourth-order valence-electron chi connectivity index (χ4n) is 10.8. The number of para-hydroxylation sites is 1. The van der Waals surface area contributed by atoms with Crippen LogP contribution >= 0.6 is 0 Å². The highest BCUT2D eigenvalue weighted by atomic mass is 19.4. The zero-order valence-corrected chi connectivity index (χ0v) is 59.7. The van der Waals surface area contributed by atoms with E-state index in [1.807, 2.05) is 39.8 Å². The molecule has 6 rings (SSSR count). The summed E-state index contributed by atoms with van der Waals surface area (Å²) in [6, 6.07) is 1.66. The summed E-state index contributed by atoms with van der Waals surface area (Å²) < 4.78 is 95.2. The van der Waals surface area contributed by atoms with Crippen molar-refractivity contribution < 1.29 is 127 Å². The molecule has 2 saturated heterocycles. The van der Waals surface area contributed by atoms with Gasteiger partial charge in [-0.3, -0.25) is 52.9 Å².